The molecule has 1 fully saturated rings. The number of aliphatic carboxylic acids is 1. The Morgan fingerprint density at radius 2 is 1.76 bits per heavy atom. The summed E-state index contributed by atoms with van der Waals surface area (Å²) in [6.07, 6.45) is 1.92. The van der Waals surface area contributed by atoms with Gasteiger partial charge in [-0.15, -0.1) is 0 Å². The van der Waals surface area contributed by atoms with E-state index in [2.05, 4.69) is 13.8 Å². The van der Waals surface area contributed by atoms with E-state index in [4.69, 9.17) is 5.11 Å². The summed E-state index contributed by atoms with van der Waals surface area (Å²) in [6.45, 7) is 7.08. The van der Waals surface area contributed by atoms with E-state index in [0.29, 0.717) is 19.6 Å². The molecule has 0 aromatic rings. The van der Waals surface area contributed by atoms with Crippen molar-refractivity contribution in [3.05, 3.63) is 0 Å². The monoisotopic (exact) mass is 242 g/mol. The maximum absolute atomic E-state index is 11.9. The van der Waals surface area contributed by atoms with E-state index in [1.165, 1.54) is 0 Å². The van der Waals surface area contributed by atoms with Gasteiger partial charge in [0.05, 0.1) is 12.5 Å². The van der Waals surface area contributed by atoms with Crippen molar-refractivity contribution in [1.29, 1.82) is 0 Å². The second-order valence-corrected chi connectivity index (χ2v) is 4.61. The molecule has 0 aromatic carbocycles. The lowest BCUT2D eigenvalue weighted by Crippen LogP contribution is -2.54. The van der Waals surface area contributed by atoms with E-state index in [9.17, 15) is 9.59 Å². The van der Waals surface area contributed by atoms with Crippen LogP contribution in [0.15, 0.2) is 0 Å². The van der Waals surface area contributed by atoms with E-state index in [-0.39, 0.29) is 11.8 Å². The minimum Gasteiger partial charge on any atom is -0.481 e. The Bertz CT molecular complexity index is 269. The minimum absolute atomic E-state index is 0.123. The number of hydrogen-bond acceptors (Lipinski definition) is 3. The Kier molecular flexibility index (Phi) is 5.41. The van der Waals surface area contributed by atoms with Crippen molar-refractivity contribution in [2.24, 2.45) is 5.92 Å². The van der Waals surface area contributed by atoms with Crippen molar-refractivity contribution in [3.63, 3.8) is 0 Å². The van der Waals surface area contributed by atoms with E-state index < -0.39 is 5.97 Å². The fourth-order valence-corrected chi connectivity index (χ4v) is 2.05. The van der Waals surface area contributed by atoms with Gasteiger partial charge in [-0.2, -0.15) is 0 Å². The van der Waals surface area contributed by atoms with Crippen LogP contribution in [0.3, 0.4) is 0 Å². The van der Waals surface area contributed by atoms with Crippen LogP contribution in [0.1, 0.15) is 26.7 Å². The molecule has 5 nitrogen and oxygen atoms in total. The Morgan fingerprint density at radius 3 is 2.18 bits per heavy atom. The maximum atomic E-state index is 11.9. The van der Waals surface area contributed by atoms with Gasteiger partial charge in [-0.25, -0.2) is 0 Å². The summed E-state index contributed by atoms with van der Waals surface area (Å²) in [5, 5.41) is 8.74. The van der Waals surface area contributed by atoms with Crippen molar-refractivity contribution in [1.82, 2.24) is 9.80 Å². The molecule has 0 spiro atoms. The Morgan fingerprint density at radius 1 is 1.24 bits per heavy atom. The van der Waals surface area contributed by atoms with Gasteiger partial charge in [-0.1, -0.05) is 13.8 Å². The van der Waals surface area contributed by atoms with Gasteiger partial charge in [0, 0.05) is 26.2 Å². The number of carboxylic acid groups (broad SMARTS) is 1. The third-order valence-corrected chi connectivity index (χ3v) is 3.01. The highest BCUT2D eigenvalue weighted by molar-refractivity contribution is 5.79. The highest BCUT2D eigenvalue weighted by Gasteiger charge is 2.33. The first kappa shape index (κ1) is 14.0. The summed E-state index contributed by atoms with van der Waals surface area (Å²) < 4.78 is 0. The van der Waals surface area contributed by atoms with E-state index in [1.807, 2.05) is 9.80 Å². The second kappa shape index (κ2) is 6.59. The van der Waals surface area contributed by atoms with Gasteiger partial charge in [-0.3, -0.25) is 14.5 Å². The number of likely N-dealkylation sites (tertiary alicyclic amines) is 1. The van der Waals surface area contributed by atoms with Gasteiger partial charge < -0.3 is 10.0 Å². The average molecular weight is 242 g/mol. The maximum Gasteiger partial charge on any atom is 0.309 e. The van der Waals surface area contributed by atoms with Gasteiger partial charge in [0.2, 0.25) is 5.91 Å². The largest absolute Gasteiger partial charge is 0.481 e. The molecule has 0 saturated carbocycles. The molecule has 0 aliphatic carbocycles. The second-order valence-electron chi connectivity index (χ2n) is 4.61. The molecule has 0 bridgehead atoms. The Hall–Kier alpha value is -1.10. The first-order valence-corrected chi connectivity index (χ1v) is 6.31. The summed E-state index contributed by atoms with van der Waals surface area (Å²) in [5.41, 5.74) is 0. The molecule has 0 unspecified atom stereocenters. The summed E-state index contributed by atoms with van der Waals surface area (Å²) in [6, 6.07) is 0. The number of nitrogens with zero attached hydrogens (tertiary/aromatic N) is 2. The molecule has 0 aromatic heterocycles. The Balaban J connectivity index is 2.30. The van der Waals surface area contributed by atoms with Crippen molar-refractivity contribution < 1.29 is 14.7 Å². The fourth-order valence-electron chi connectivity index (χ4n) is 2.05. The average Bonchev–Trinajstić information content (AvgIpc) is 2.21. The molecule has 17 heavy (non-hydrogen) atoms. The first-order valence-electron chi connectivity index (χ1n) is 6.31. The van der Waals surface area contributed by atoms with Crippen LogP contribution >= 0.6 is 0 Å². The van der Waals surface area contributed by atoms with Gasteiger partial charge >= 0.3 is 5.97 Å². The molecule has 98 valence electrons. The smallest absolute Gasteiger partial charge is 0.309 e. The first-order chi connectivity index (χ1) is 8.08. The van der Waals surface area contributed by atoms with Crippen molar-refractivity contribution >= 4 is 11.9 Å². The predicted molar refractivity (Wildman–Crippen MR) is 64.7 cm³/mol. The lowest BCUT2D eigenvalue weighted by molar-refractivity contribution is -0.150. The summed E-state index contributed by atoms with van der Waals surface area (Å²) >= 11 is 0. The minimum atomic E-state index is -0.757. The van der Waals surface area contributed by atoms with E-state index >= 15 is 0 Å². The van der Waals surface area contributed by atoms with Crippen LogP contribution in [-0.2, 0) is 9.59 Å². The molecule has 1 rings (SSSR count). The molecule has 1 N–H and O–H groups in total. The molecule has 5 heteroatoms. The third kappa shape index (κ3) is 4.00. The van der Waals surface area contributed by atoms with Gasteiger partial charge in [0.1, 0.15) is 0 Å². The molecule has 1 aliphatic rings. The quantitative estimate of drug-likeness (QED) is 0.712. The van der Waals surface area contributed by atoms with Crippen LogP contribution in [0.25, 0.3) is 0 Å². The van der Waals surface area contributed by atoms with Crippen molar-refractivity contribution in [2.45, 2.75) is 26.7 Å². The number of hydrogen-bond donors (Lipinski definition) is 1. The van der Waals surface area contributed by atoms with Gasteiger partial charge in [0.15, 0.2) is 0 Å². The van der Waals surface area contributed by atoms with Gasteiger partial charge in [0.25, 0.3) is 0 Å². The predicted octanol–water partition coefficient (Wildman–Crippen LogP) is 0.651. The summed E-state index contributed by atoms with van der Waals surface area (Å²) in [7, 11) is 0. The summed E-state index contributed by atoms with van der Waals surface area (Å²) in [5.74, 6) is -0.918. The molecule has 0 radical (unpaired) electrons. The molecular formula is C12H22N2O3. The summed E-state index contributed by atoms with van der Waals surface area (Å²) in [4.78, 5) is 26.3. The number of rotatable bonds is 7. The highest BCUT2D eigenvalue weighted by Crippen LogP contribution is 2.15. The normalized spacial score (nSPS) is 16.6. The number of carbonyl (C=O) groups excluding carboxylic acids is 1. The lowest BCUT2D eigenvalue weighted by atomic mass is 10.0. The highest BCUT2D eigenvalue weighted by atomic mass is 16.4. The lowest BCUT2D eigenvalue weighted by Gasteiger charge is -2.37. The standard InChI is InChI=1S/C12H22N2O3/c1-3-5-14(6-4-2)11(15)9-13-7-10(8-13)12(16)17/h10H,3-9H2,1-2H3,(H,16,17). The van der Waals surface area contributed by atoms with E-state index in [1.54, 1.807) is 0 Å². The molecular weight excluding hydrogens is 220 g/mol. The van der Waals surface area contributed by atoms with Crippen LogP contribution in [0.4, 0.5) is 0 Å². The van der Waals surface area contributed by atoms with Crippen LogP contribution < -0.4 is 0 Å². The molecule has 1 aliphatic heterocycles. The topological polar surface area (TPSA) is 60.9 Å². The molecule has 1 heterocycles. The van der Waals surface area contributed by atoms with Crippen molar-refractivity contribution in [2.75, 3.05) is 32.7 Å². The SMILES string of the molecule is CCCN(CCC)C(=O)CN1CC(C(=O)O)C1. The van der Waals surface area contributed by atoms with Crippen LogP contribution in [0.2, 0.25) is 0 Å². The van der Waals surface area contributed by atoms with Crippen LogP contribution in [0.5, 0.6) is 0 Å². The zero-order valence-corrected chi connectivity index (χ0v) is 10.7. The molecule has 1 amide bonds. The third-order valence-electron chi connectivity index (χ3n) is 3.01. The van der Waals surface area contributed by atoms with Crippen LogP contribution in [0, 0.1) is 5.92 Å². The number of carbonyl (C=O) groups is 2. The molecule has 0 atom stereocenters. The number of carboxylic acids is 1. The zero-order valence-electron chi connectivity index (χ0n) is 10.7. The number of amides is 1. The van der Waals surface area contributed by atoms with Crippen LogP contribution in [-0.4, -0.2) is 59.5 Å². The van der Waals surface area contributed by atoms with E-state index in [0.717, 1.165) is 25.9 Å². The Labute approximate surface area is 102 Å². The fraction of sp³-hybridized carbons (Fsp3) is 0.833. The zero-order chi connectivity index (χ0) is 12.8. The van der Waals surface area contributed by atoms with Crippen molar-refractivity contribution in [3.8, 4) is 0 Å². The van der Waals surface area contributed by atoms with Gasteiger partial charge in [-0.05, 0) is 12.8 Å². The molecule has 1 saturated heterocycles.